The number of hydrogen-bond donors (Lipinski definition) is 0. The summed E-state index contributed by atoms with van der Waals surface area (Å²) < 4.78 is 76.4. The molecule has 2 saturated heterocycles. The van der Waals surface area contributed by atoms with Gasteiger partial charge in [-0.1, -0.05) is 24.3 Å². The number of rotatable bonds is 9. The molecule has 1 aromatic heterocycles. The van der Waals surface area contributed by atoms with Crippen LogP contribution < -0.4 is 0 Å². The van der Waals surface area contributed by atoms with Gasteiger partial charge >= 0.3 is 6.09 Å². The molecule has 2 fully saturated rings. The summed E-state index contributed by atoms with van der Waals surface area (Å²) in [7, 11) is -7.82. The Kier molecular flexibility index (Phi) is 9.68. The number of piperidine rings is 1. The summed E-state index contributed by atoms with van der Waals surface area (Å²) in [6.45, 7) is 7.78. The molecule has 0 aromatic carbocycles. The van der Waals surface area contributed by atoms with Crippen LogP contribution in [0.25, 0.3) is 0 Å². The van der Waals surface area contributed by atoms with Crippen LogP contribution in [0.2, 0.25) is 0 Å². The van der Waals surface area contributed by atoms with Crippen LogP contribution in [0.3, 0.4) is 0 Å². The Balaban J connectivity index is 1.76. The number of allylic oxidation sites excluding steroid dienone is 3. The van der Waals surface area contributed by atoms with E-state index in [4.69, 9.17) is 18.4 Å². The second kappa shape index (κ2) is 12.4. The van der Waals surface area contributed by atoms with E-state index < -0.39 is 54.4 Å². The third-order valence-corrected chi connectivity index (χ3v) is 10.9. The lowest BCUT2D eigenvalue weighted by atomic mass is 9.73. The molecule has 0 bridgehead atoms. The third kappa shape index (κ3) is 7.47. The van der Waals surface area contributed by atoms with Crippen molar-refractivity contribution in [1.82, 2.24) is 8.87 Å². The lowest BCUT2D eigenvalue weighted by Crippen LogP contribution is -2.50. The van der Waals surface area contributed by atoms with E-state index in [-0.39, 0.29) is 32.5 Å². The molecule has 2 aliphatic heterocycles. The fourth-order valence-electron chi connectivity index (χ4n) is 5.59. The minimum atomic E-state index is -3.97. The third-order valence-electron chi connectivity index (χ3n) is 8.03. The van der Waals surface area contributed by atoms with Crippen molar-refractivity contribution in [2.75, 3.05) is 32.6 Å². The maximum absolute atomic E-state index is 14.2. The molecule has 0 N–H and O–H groups in total. The molecule has 3 unspecified atom stereocenters. The average Bonchev–Trinajstić information content (AvgIpc) is 3.41. The second-order valence-electron chi connectivity index (χ2n) is 12.6. The summed E-state index contributed by atoms with van der Waals surface area (Å²) in [5, 5.41) is 0. The number of nitrogens with zero attached hydrogens (tertiary/aromatic N) is 2. The van der Waals surface area contributed by atoms with Gasteiger partial charge in [0.2, 0.25) is 10.0 Å². The zero-order chi connectivity index (χ0) is 30.8. The van der Waals surface area contributed by atoms with Crippen LogP contribution in [0.1, 0.15) is 78.0 Å². The van der Waals surface area contributed by atoms with Gasteiger partial charge in [0.25, 0.3) is 10.1 Å². The van der Waals surface area contributed by atoms with Crippen LogP contribution in [-0.4, -0.2) is 81.0 Å². The molecule has 236 valence electrons. The van der Waals surface area contributed by atoms with Crippen molar-refractivity contribution in [3.63, 3.8) is 0 Å². The molecule has 1 amide bonds. The summed E-state index contributed by atoms with van der Waals surface area (Å²) >= 11 is 0. The molecule has 3 heterocycles. The van der Waals surface area contributed by atoms with Crippen molar-refractivity contribution in [2.24, 2.45) is 5.41 Å². The molecular formula is C29H44N2O9S2. The molecule has 0 radical (unpaired) electrons. The van der Waals surface area contributed by atoms with Gasteiger partial charge in [-0.05, 0) is 78.4 Å². The van der Waals surface area contributed by atoms with Gasteiger partial charge in [0.05, 0.1) is 18.6 Å². The molecule has 0 spiro atoms. The van der Waals surface area contributed by atoms with Gasteiger partial charge in [0.15, 0.2) is 6.29 Å². The lowest BCUT2D eigenvalue weighted by molar-refractivity contribution is -0.225. The fraction of sp³-hybridized carbons (Fsp3) is 0.690. The van der Waals surface area contributed by atoms with Gasteiger partial charge in [-0.25, -0.2) is 17.2 Å². The summed E-state index contributed by atoms with van der Waals surface area (Å²) in [5.74, 6) is 0. The lowest BCUT2D eigenvalue weighted by Gasteiger charge is -2.47. The number of ether oxygens (including phenoxy) is 3. The Morgan fingerprint density at radius 3 is 2.43 bits per heavy atom. The van der Waals surface area contributed by atoms with Crippen LogP contribution in [0.5, 0.6) is 0 Å². The van der Waals surface area contributed by atoms with E-state index in [0.29, 0.717) is 25.1 Å². The van der Waals surface area contributed by atoms with E-state index in [2.05, 4.69) is 0 Å². The summed E-state index contributed by atoms with van der Waals surface area (Å²) in [6, 6.07) is 3.34. The molecule has 42 heavy (non-hydrogen) atoms. The normalized spacial score (nSPS) is 25.7. The fourth-order valence-corrected chi connectivity index (χ4v) is 7.71. The largest absolute Gasteiger partial charge is 0.444 e. The van der Waals surface area contributed by atoms with Crippen molar-refractivity contribution >= 4 is 26.2 Å². The topological polar surface area (TPSA) is 130 Å². The van der Waals surface area contributed by atoms with Crippen LogP contribution in [-0.2, 0) is 38.5 Å². The molecular weight excluding hydrogens is 584 g/mol. The monoisotopic (exact) mass is 628 g/mol. The van der Waals surface area contributed by atoms with Crippen LogP contribution in [0.15, 0.2) is 42.6 Å². The van der Waals surface area contributed by atoms with E-state index in [1.54, 1.807) is 56.9 Å². The van der Waals surface area contributed by atoms with Crippen LogP contribution in [0.4, 0.5) is 4.79 Å². The summed E-state index contributed by atoms with van der Waals surface area (Å²) in [5.41, 5.74) is -1.32. The molecule has 0 saturated carbocycles. The maximum atomic E-state index is 14.2. The highest BCUT2D eigenvalue weighted by Gasteiger charge is 2.49. The van der Waals surface area contributed by atoms with Crippen LogP contribution in [0, 0.1) is 5.41 Å². The first kappa shape index (κ1) is 32.7. The Bertz CT molecular complexity index is 1380. The molecule has 4 rings (SSSR count). The standard InChI is InChI=1S/C29H44N2O9S2/c1-27(2,3)40-26(32)30-19-16-29(17-20-30,22-38-41(5,33)34)25(39-24-13-7-10-21-37-24)23-12-11-18-31(23)42(35,36)28(4)14-8-6-9-15-28/h6,8-9,11-12,14,18,24-25H,7,10,13,15-17,19-22H2,1-5H3. The summed E-state index contributed by atoms with van der Waals surface area (Å²) in [4.78, 5) is 14.5. The van der Waals surface area contributed by atoms with E-state index in [1.807, 2.05) is 12.2 Å². The van der Waals surface area contributed by atoms with Crippen molar-refractivity contribution in [3.05, 3.63) is 48.3 Å². The van der Waals surface area contributed by atoms with Crippen LogP contribution >= 0.6 is 0 Å². The zero-order valence-corrected chi connectivity index (χ0v) is 26.8. The highest BCUT2D eigenvalue weighted by molar-refractivity contribution is 7.91. The predicted molar refractivity (Wildman–Crippen MR) is 158 cm³/mol. The Morgan fingerprint density at radius 1 is 1.14 bits per heavy atom. The predicted octanol–water partition coefficient (Wildman–Crippen LogP) is 4.52. The molecule has 1 aromatic rings. The SMILES string of the molecule is CC(C)(C)OC(=O)N1CCC(COS(C)(=O)=O)(C(OC2CCCCO2)c2cccn2S(=O)(=O)C2(C)C=CC=CC2)CC1. The summed E-state index contributed by atoms with van der Waals surface area (Å²) in [6.07, 6.45) is 10.8. The highest BCUT2D eigenvalue weighted by Crippen LogP contribution is 2.48. The maximum Gasteiger partial charge on any atom is 0.410 e. The van der Waals surface area contributed by atoms with Gasteiger partial charge in [-0.2, -0.15) is 8.42 Å². The van der Waals surface area contributed by atoms with Gasteiger partial charge in [-0.3, -0.25) is 4.18 Å². The highest BCUT2D eigenvalue weighted by atomic mass is 32.2. The molecule has 3 atom stereocenters. The Morgan fingerprint density at radius 2 is 1.86 bits per heavy atom. The van der Waals surface area contributed by atoms with Crippen molar-refractivity contribution in [3.8, 4) is 0 Å². The minimum absolute atomic E-state index is 0.242. The van der Waals surface area contributed by atoms with Gasteiger partial charge in [-0.15, -0.1) is 0 Å². The number of carbonyl (C=O) groups excluding carboxylic acids is 1. The van der Waals surface area contributed by atoms with Gasteiger partial charge in [0, 0.05) is 31.3 Å². The van der Waals surface area contributed by atoms with E-state index in [9.17, 15) is 21.6 Å². The quantitative estimate of drug-likeness (QED) is 0.362. The number of hydrogen-bond acceptors (Lipinski definition) is 9. The van der Waals surface area contributed by atoms with E-state index >= 15 is 0 Å². The number of carbonyl (C=O) groups is 1. The first-order valence-electron chi connectivity index (χ1n) is 14.4. The Hall–Kier alpha value is -2.19. The average molecular weight is 629 g/mol. The number of aromatic nitrogens is 1. The molecule has 11 nitrogen and oxygen atoms in total. The van der Waals surface area contributed by atoms with Crippen molar-refractivity contribution < 1.29 is 40.0 Å². The van der Waals surface area contributed by atoms with Gasteiger partial charge < -0.3 is 19.1 Å². The second-order valence-corrected chi connectivity index (χ2v) is 16.6. The zero-order valence-electron chi connectivity index (χ0n) is 25.2. The first-order valence-corrected chi connectivity index (χ1v) is 17.7. The minimum Gasteiger partial charge on any atom is -0.444 e. The number of amides is 1. The molecule has 3 aliphatic rings. The van der Waals surface area contributed by atoms with E-state index in [1.165, 1.54) is 10.2 Å². The van der Waals surface area contributed by atoms with Crippen molar-refractivity contribution in [2.45, 2.75) is 89.0 Å². The first-order chi connectivity index (χ1) is 19.6. The van der Waals surface area contributed by atoms with E-state index in [0.717, 1.165) is 19.1 Å². The number of likely N-dealkylation sites (tertiary alicyclic amines) is 1. The van der Waals surface area contributed by atoms with Gasteiger partial charge in [0.1, 0.15) is 16.5 Å². The smallest absolute Gasteiger partial charge is 0.410 e. The molecule has 1 aliphatic carbocycles. The molecule has 13 heteroatoms. The Labute approximate surface area is 250 Å². The van der Waals surface area contributed by atoms with Crippen molar-refractivity contribution in [1.29, 1.82) is 0 Å².